The second kappa shape index (κ2) is 6.42. The average Bonchev–Trinajstić information content (AvgIpc) is 2.40. The van der Waals surface area contributed by atoms with Crippen LogP contribution in [0.15, 0.2) is 46.9 Å². The second-order valence-corrected chi connectivity index (χ2v) is 5.24. The Morgan fingerprint density at radius 1 is 1.20 bits per heavy atom. The molecule has 0 radical (unpaired) electrons. The minimum Gasteiger partial charge on any atom is -0.308 e. The predicted molar refractivity (Wildman–Crippen MR) is 83.0 cm³/mol. The third kappa shape index (κ3) is 3.73. The molecule has 100 valence electrons. The summed E-state index contributed by atoms with van der Waals surface area (Å²) in [5.74, 6) is 0. The smallest absolute Gasteiger partial charge is 0.308 e. The Bertz CT molecular complexity index is 697. The van der Waals surface area contributed by atoms with Crippen molar-refractivity contribution in [2.75, 3.05) is 10.6 Å². The van der Waals surface area contributed by atoms with Crippen molar-refractivity contribution in [3.8, 4) is 6.07 Å². The Balaban J connectivity index is 2.11. The fourth-order valence-corrected chi connectivity index (χ4v) is 2.12. The van der Waals surface area contributed by atoms with Crippen LogP contribution in [0.25, 0.3) is 0 Å². The van der Waals surface area contributed by atoms with E-state index in [0.717, 1.165) is 4.47 Å². The van der Waals surface area contributed by atoms with Crippen molar-refractivity contribution in [2.24, 2.45) is 0 Å². The minimum atomic E-state index is -0.439. The molecule has 2 N–H and O–H groups in total. The van der Waals surface area contributed by atoms with Gasteiger partial charge in [0.1, 0.15) is 6.07 Å². The number of anilines is 2. The van der Waals surface area contributed by atoms with E-state index in [1.165, 1.54) is 0 Å². The van der Waals surface area contributed by atoms with Crippen LogP contribution in [-0.2, 0) is 0 Å². The van der Waals surface area contributed by atoms with Gasteiger partial charge in [-0.25, -0.2) is 4.79 Å². The van der Waals surface area contributed by atoms with Gasteiger partial charge in [-0.1, -0.05) is 33.6 Å². The molecule has 0 saturated carbocycles. The third-order valence-electron chi connectivity index (χ3n) is 2.43. The molecule has 2 amide bonds. The molecule has 0 bridgehead atoms. The Kier molecular flexibility index (Phi) is 4.61. The highest BCUT2D eigenvalue weighted by Crippen LogP contribution is 2.21. The lowest BCUT2D eigenvalue weighted by atomic mass is 10.2. The van der Waals surface area contributed by atoms with E-state index in [2.05, 4.69) is 26.6 Å². The molecule has 0 aliphatic rings. The first-order chi connectivity index (χ1) is 9.58. The molecule has 0 unspecified atom stereocenters. The first kappa shape index (κ1) is 14.4. The molecule has 2 rings (SSSR count). The predicted octanol–water partition coefficient (Wildman–Crippen LogP) is 4.62. The van der Waals surface area contributed by atoms with E-state index in [9.17, 15) is 4.79 Å². The molecule has 0 atom stereocenters. The van der Waals surface area contributed by atoms with Crippen LogP contribution in [0.5, 0.6) is 0 Å². The fourth-order valence-electron chi connectivity index (χ4n) is 1.57. The van der Waals surface area contributed by atoms with Crippen molar-refractivity contribution in [1.29, 1.82) is 5.26 Å². The van der Waals surface area contributed by atoms with Crippen LogP contribution < -0.4 is 10.6 Å². The van der Waals surface area contributed by atoms with Crippen molar-refractivity contribution in [2.45, 2.75) is 0 Å². The maximum absolute atomic E-state index is 11.9. The largest absolute Gasteiger partial charge is 0.323 e. The number of halogens is 2. The number of nitrogens with one attached hydrogen (secondary N) is 2. The van der Waals surface area contributed by atoms with Gasteiger partial charge in [0.25, 0.3) is 0 Å². The zero-order valence-corrected chi connectivity index (χ0v) is 12.5. The fraction of sp³-hybridized carbons (Fsp3) is 0. The summed E-state index contributed by atoms with van der Waals surface area (Å²) >= 11 is 9.10. The quantitative estimate of drug-likeness (QED) is 0.830. The maximum atomic E-state index is 11.9. The van der Waals surface area contributed by atoms with Crippen molar-refractivity contribution >= 4 is 44.9 Å². The molecule has 0 aliphatic heterocycles. The van der Waals surface area contributed by atoms with Gasteiger partial charge in [-0.2, -0.15) is 5.26 Å². The van der Waals surface area contributed by atoms with Gasteiger partial charge in [-0.3, -0.25) is 0 Å². The van der Waals surface area contributed by atoms with E-state index in [1.807, 2.05) is 6.07 Å². The molecule has 0 saturated heterocycles. The summed E-state index contributed by atoms with van der Waals surface area (Å²) in [6.07, 6.45) is 0. The van der Waals surface area contributed by atoms with Crippen molar-refractivity contribution in [3.05, 3.63) is 57.5 Å². The lowest BCUT2D eigenvalue weighted by Gasteiger charge is -2.09. The molecule has 0 fully saturated rings. The van der Waals surface area contributed by atoms with Gasteiger partial charge in [0.05, 0.1) is 11.3 Å². The molecule has 20 heavy (non-hydrogen) atoms. The zero-order valence-electron chi connectivity index (χ0n) is 10.2. The van der Waals surface area contributed by atoms with Gasteiger partial charge in [0.15, 0.2) is 0 Å². The normalized spacial score (nSPS) is 9.65. The number of benzene rings is 2. The van der Waals surface area contributed by atoms with E-state index in [-0.39, 0.29) is 0 Å². The molecule has 0 spiro atoms. The second-order valence-electron chi connectivity index (χ2n) is 3.89. The van der Waals surface area contributed by atoms with Crippen LogP contribution in [0.3, 0.4) is 0 Å². The molecule has 4 nitrogen and oxygen atoms in total. The number of amides is 2. The third-order valence-corrected chi connectivity index (χ3v) is 3.16. The highest BCUT2D eigenvalue weighted by Gasteiger charge is 2.07. The SMILES string of the molecule is N#Cc1cc(Br)ccc1NC(=O)Nc1cccc(Cl)c1. The van der Waals surface area contributed by atoms with E-state index in [1.54, 1.807) is 42.5 Å². The first-order valence-electron chi connectivity index (χ1n) is 5.62. The van der Waals surface area contributed by atoms with E-state index in [0.29, 0.717) is 22.0 Å². The summed E-state index contributed by atoms with van der Waals surface area (Å²) < 4.78 is 0.773. The standard InChI is InChI=1S/C14H9BrClN3O/c15-10-4-5-13(9(6-10)8-17)19-14(20)18-12-3-1-2-11(16)7-12/h1-7H,(H2,18,19,20). The topological polar surface area (TPSA) is 64.9 Å². The maximum Gasteiger partial charge on any atom is 0.323 e. The van der Waals surface area contributed by atoms with Gasteiger partial charge in [0.2, 0.25) is 0 Å². The highest BCUT2D eigenvalue weighted by atomic mass is 79.9. The summed E-state index contributed by atoms with van der Waals surface area (Å²) in [6, 6.07) is 13.4. The minimum absolute atomic E-state index is 0.376. The Morgan fingerprint density at radius 3 is 2.70 bits per heavy atom. The van der Waals surface area contributed by atoms with E-state index >= 15 is 0 Å². The number of nitrogens with zero attached hydrogens (tertiary/aromatic N) is 1. The van der Waals surface area contributed by atoms with Crippen LogP contribution >= 0.6 is 27.5 Å². The molecule has 6 heteroatoms. The summed E-state index contributed by atoms with van der Waals surface area (Å²) in [5, 5.41) is 14.8. The summed E-state index contributed by atoms with van der Waals surface area (Å²) in [4.78, 5) is 11.9. The molecule has 0 aliphatic carbocycles. The molecule has 2 aromatic carbocycles. The number of urea groups is 1. The van der Waals surface area contributed by atoms with Gasteiger partial charge >= 0.3 is 6.03 Å². The van der Waals surface area contributed by atoms with Crippen molar-refractivity contribution in [1.82, 2.24) is 0 Å². The summed E-state index contributed by atoms with van der Waals surface area (Å²) in [5.41, 5.74) is 1.39. The highest BCUT2D eigenvalue weighted by molar-refractivity contribution is 9.10. The lowest BCUT2D eigenvalue weighted by Crippen LogP contribution is -2.20. The molecular weight excluding hydrogens is 342 g/mol. The molecule has 2 aromatic rings. The van der Waals surface area contributed by atoms with Crippen LogP contribution in [-0.4, -0.2) is 6.03 Å². The van der Waals surface area contributed by atoms with Gasteiger partial charge in [-0.15, -0.1) is 0 Å². The number of carbonyl (C=O) groups excluding carboxylic acids is 1. The van der Waals surface area contributed by atoms with E-state index < -0.39 is 6.03 Å². The van der Waals surface area contributed by atoms with Crippen LogP contribution in [0.1, 0.15) is 5.56 Å². The Morgan fingerprint density at radius 2 is 2.00 bits per heavy atom. The van der Waals surface area contributed by atoms with Crippen LogP contribution in [0.2, 0.25) is 5.02 Å². The number of rotatable bonds is 2. The van der Waals surface area contributed by atoms with Crippen molar-refractivity contribution in [3.63, 3.8) is 0 Å². The number of hydrogen-bond acceptors (Lipinski definition) is 2. The van der Waals surface area contributed by atoms with Gasteiger partial charge in [-0.05, 0) is 36.4 Å². The van der Waals surface area contributed by atoms with Crippen LogP contribution in [0.4, 0.5) is 16.2 Å². The number of hydrogen-bond donors (Lipinski definition) is 2. The summed E-state index contributed by atoms with van der Waals surface area (Å²) in [7, 11) is 0. The number of carbonyl (C=O) groups is 1. The monoisotopic (exact) mass is 349 g/mol. The van der Waals surface area contributed by atoms with Gasteiger partial charge in [0, 0.05) is 15.2 Å². The lowest BCUT2D eigenvalue weighted by molar-refractivity contribution is 0.262. The Labute approximate surface area is 129 Å². The summed E-state index contributed by atoms with van der Waals surface area (Å²) in [6.45, 7) is 0. The van der Waals surface area contributed by atoms with Crippen molar-refractivity contribution < 1.29 is 4.79 Å². The van der Waals surface area contributed by atoms with Gasteiger partial charge < -0.3 is 10.6 Å². The number of nitriles is 1. The van der Waals surface area contributed by atoms with Crippen LogP contribution in [0, 0.1) is 11.3 Å². The first-order valence-corrected chi connectivity index (χ1v) is 6.79. The molecule has 0 heterocycles. The Hall–Kier alpha value is -2.03. The molecule has 0 aromatic heterocycles. The van der Waals surface area contributed by atoms with E-state index in [4.69, 9.17) is 16.9 Å². The molecular formula is C14H9BrClN3O. The zero-order chi connectivity index (χ0) is 14.5. The average molecular weight is 351 g/mol.